The molecule has 1 atom stereocenters. The third-order valence-corrected chi connectivity index (χ3v) is 2.18. The number of nitrogens with one attached hydrogen (secondary N) is 1. The topological polar surface area (TPSA) is 49.3 Å². The van der Waals surface area contributed by atoms with Gasteiger partial charge in [0, 0.05) is 12.1 Å². The van der Waals surface area contributed by atoms with Crippen LogP contribution < -0.4 is 5.32 Å². The maximum atomic E-state index is 11.5. The Morgan fingerprint density at radius 3 is 2.47 bits per heavy atom. The molecule has 0 aliphatic carbocycles. The number of carbonyl (C=O) groups is 1. The number of aliphatic hydroxyl groups excluding tert-OH is 1. The van der Waals surface area contributed by atoms with Crippen LogP contribution in [0.5, 0.6) is 0 Å². The summed E-state index contributed by atoms with van der Waals surface area (Å²) >= 11 is 0. The van der Waals surface area contributed by atoms with E-state index in [-0.39, 0.29) is 12.5 Å². The van der Waals surface area contributed by atoms with E-state index in [4.69, 9.17) is 5.11 Å². The maximum Gasteiger partial charge on any atom is 0.251 e. The molecule has 1 amide bonds. The Hall–Kier alpha value is -1.35. The second kappa shape index (κ2) is 5.51. The van der Waals surface area contributed by atoms with Crippen LogP contribution in [0.4, 0.5) is 0 Å². The molecule has 0 saturated heterocycles. The van der Waals surface area contributed by atoms with Crippen LogP contribution in [0.2, 0.25) is 0 Å². The van der Waals surface area contributed by atoms with Gasteiger partial charge in [-0.2, -0.15) is 0 Å². The van der Waals surface area contributed by atoms with Gasteiger partial charge >= 0.3 is 0 Å². The van der Waals surface area contributed by atoms with Crippen molar-refractivity contribution in [2.45, 2.75) is 26.4 Å². The van der Waals surface area contributed by atoms with Gasteiger partial charge in [-0.15, -0.1) is 0 Å². The minimum atomic E-state index is -0.510. The van der Waals surface area contributed by atoms with E-state index in [9.17, 15) is 4.79 Å². The summed E-state index contributed by atoms with van der Waals surface area (Å²) in [6.07, 6.45) is 0.458. The van der Waals surface area contributed by atoms with Gasteiger partial charge in [0.1, 0.15) is 0 Å². The number of benzene rings is 1. The highest BCUT2D eigenvalue weighted by molar-refractivity contribution is 5.94. The van der Waals surface area contributed by atoms with Gasteiger partial charge in [0.25, 0.3) is 5.91 Å². The van der Waals surface area contributed by atoms with E-state index in [1.165, 1.54) is 5.56 Å². The summed E-state index contributed by atoms with van der Waals surface area (Å²) in [4.78, 5) is 11.5. The molecule has 1 aromatic rings. The third-order valence-electron chi connectivity index (χ3n) is 2.18. The fourth-order valence-corrected chi connectivity index (χ4v) is 1.23. The maximum absolute atomic E-state index is 11.5. The average molecular weight is 207 g/mol. The van der Waals surface area contributed by atoms with Gasteiger partial charge in [0.15, 0.2) is 0 Å². The standard InChI is InChI=1S/C12H17NO2/c1-3-10-4-6-11(7-5-10)12(15)13-8-9(2)14/h4-7,9,14H,3,8H2,1-2H3,(H,13,15). The highest BCUT2D eigenvalue weighted by Crippen LogP contribution is 2.04. The first-order chi connectivity index (χ1) is 7.13. The molecule has 82 valence electrons. The van der Waals surface area contributed by atoms with Gasteiger partial charge < -0.3 is 10.4 Å². The Kier molecular flexibility index (Phi) is 4.31. The van der Waals surface area contributed by atoms with Crippen LogP contribution in [0.25, 0.3) is 0 Å². The van der Waals surface area contributed by atoms with E-state index in [1.807, 2.05) is 12.1 Å². The number of aliphatic hydroxyl groups is 1. The molecule has 0 heterocycles. The first-order valence-electron chi connectivity index (χ1n) is 5.18. The minimum Gasteiger partial charge on any atom is -0.392 e. The van der Waals surface area contributed by atoms with Crippen LogP contribution in [0.1, 0.15) is 29.8 Å². The van der Waals surface area contributed by atoms with Gasteiger partial charge in [0.05, 0.1) is 6.10 Å². The summed E-state index contributed by atoms with van der Waals surface area (Å²) in [5.74, 6) is -0.140. The molecular formula is C12H17NO2. The summed E-state index contributed by atoms with van der Waals surface area (Å²) in [5, 5.41) is 11.7. The molecule has 15 heavy (non-hydrogen) atoms. The van der Waals surface area contributed by atoms with Gasteiger partial charge in [-0.3, -0.25) is 4.79 Å². The molecule has 2 N–H and O–H groups in total. The highest BCUT2D eigenvalue weighted by atomic mass is 16.3. The zero-order chi connectivity index (χ0) is 11.3. The number of carbonyl (C=O) groups excluding carboxylic acids is 1. The summed E-state index contributed by atoms with van der Waals surface area (Å²) in [6.45, 7) is 4.00. The van der Waals surface area contributed by atoms with Crippen molar-refractivity contribution in [1.29, 1.82) is 0 Å². The lowest BCUT2D eigenvalue weighted by atomic mass is 10.1. The lowest BCUT2D eigenvalue weighted by Crippen LogP contribution is -2.30. The summed E-state index contributed by atoms with van der Waals surface area (Å²) in [5.41, 5.74) is 1.84. The fourth-order valence-electron chi connectivity index (χ4n) is 1.23. The minimum absolute atomic E-state index is 0.140. The van der Waals surface area contributed by atoms with Gasteiger partial charge in [-0.05, 0) is 31.0 Å². The second-order valence-corrected chi connectivity index (χ2v) is 3.61. The van der Waals surface area contributed by atoms with Crippen LogP contribution in [0.15, 0.2) is 24.3 Å². The fraction of sp³-hybridized carbons (Fsp3) is 0.417. The Balaban J connectivity index is 2.58. The monoisotopic (exact) mass is 207 g/mol. The number of hydrogen-bond acceptors (Lipinski definition) is 2. The lowest BCUT2D eigenvalue weighted by molar-refractivity contribution is 0.0924. The molecule has 3 heteroatoms. The zero-order valence-corrected chi connectivity index (χ0v) is 9.16. The van der Waals surface area contributed by atoms with Crippen molar-refractivity contribution >= 4 is 5.91 Å². The Bertz CT molecular complexity index is 317. The Morgan fingerprint density at radius 2 is 2.00 bits per heavy atom. The number of rotatable bonds is 4. The first kappa shape index (κ1) is 11.7. The molecular weight excluding hydrogens is 190 g/mol. The molecule has 1 rings (SSSR count). The van der Waals surface area contributed by atoms with Crippen LogP contribution in [0, 0.1) is 0 Å². The number of amides is 1. The predicted molar refractivity (Wildman–Crippen MR) is 59.8 cm³/mol. The molecule has 0 saturated carbocycles. The summed E-state index contributed by atoms with van der Waals surface area (Å²) < 4.78 is 0. The molecule has 0 bridgehead atoms. The SMILES string of the molecule is CCc1ccc(C(=O)NCC(C)O)cc1. The molecule has 0 aliphatic rings. The van der Waals surface area contributed by atoms with E-state index in [1.54, 1.807) is 19.1 Å². The average Bonchev–Trinajstić information content (AvgIpc) is 2.26. The molecule has 0 aliphatic heterocycles. The molecule has 0 aromatic heterocycles. The molecule has 1 aromatic carbocycles. The second-order valence-electron chi connectivity index (χ2n) is 3.61. The van der Waals surface area contributed by atoms with Crippen LogP contribution in [-0.2, 0) is 6.42 Å². The van der Waals surface area contributed by atoms with Gasteiger partial charge in [-0.25, -0.2) is 0 Å². The van der Waals surface area contributed by atoms with Crippen molar-refractivity contribution in [2.24, 2.45) is 0 Å². The normalized spacial score (nSPS) is 12.2. The van der Waals surface area contributed by atoms with Crippen molar-refractivity contribution in [3.05, 3.63) is 35.4 Å². The third kappa shape index (κ3) is 3.72. The van der Waals surface area contributed by atoms with Crippen molar-refractivity contribution in [1.82, 2.24) is 5.32 Å². The lowest BCUT2D eigenvalue weighted by Gasteiger charge is -2.07. The molecule has 3 nitrogen and oxygen atoms in total. The largest absolute Gasteiger partial charge is 0.392 e. The van der Waals surface area contributed by atoms with E-state index < -0.39 is 6.10 Å². The van der Waals surface area contributed by atoms with Crippen LogP contribution in [0.3, 0.4) is 0 Å². The van der Waals surface area contributed by atoms with Gasteiger partial charge in [-0.1, -0.05) is 19.1 Å². The van der Waals surface area contributed by atoms with Crippen molar-refractivity contribution in [3.63, 3.8) is 0 Å². The van der Waals surface area contributed by atoms with E-state index in [0.717, 1.165) is 6.42 Å². The van der Waals surface area contributed by atoms with Crippen LogP contribution >= 0.6 is 0 Å². The Morgan fingerprint density at radius 1 is 1.40 bits per heavy atom. The smallest absolute Gasteiger partial charge is 0.251 e. The predicted octanol–water partition coefficient (Wildman–Crippen LogP) is 1.36. The number of hydrogen-bond donors (Lipinski definition) is 2. The summed E-state index contributed by atoms with van der Waals surface area (Å²) in [6, 6.07) is 7.49. The first-order valence-corrected chi connectivity index (χ1v) is 5.18. The van der Waals surface area contributed by atoms with Crippen molar-refractivity contribution in [2.75, 3.05) is 6.54 Å². The summed E-state index contributed by atoms with van der Waals surface area (Å²) in [7, 11) is 0. The van der Waals surface area contributed by atoms with E-state index >= 15 is 0 Å². The quantitative estimate of drug-likeness (QED) is 0.783. The zero-order valence-electron chi connectivity index (χ0n) is 9.16. The van der Waals surface area contributed by atoms with E-state index in [0.29, 0.717) is 5.56 Å². The Labute approximate surface area is 90.1 Å². The molecule has 1 unspecified atom stereocenters. The van der Waals surface area contributed by atoms with E-state index in [2.05, 4.69) is 12.2 Å². The van der Waals surface area contributed by atoms with Gasteiger partial charge in [0.2, 0.25) is 0 Å². The molecule has 0 spiro atoms. The molecule has 0 fully saturated rings. The van der Waals surface area contributed by atoms with Crippen molar-refractivity contribution in [3.8, 4) is 0 Å². The van der Waals surface area contributed by atoms with Crippen molar-refractivity contribution < 1.29 is 9.90 Å². The number of aryl methyl sites for hydroxylation is 1. The molecule has 0 radical (unpaired) electrons. The van der Waals surface area contributed by atoms with Crippen LogP contribution in [-0.4, -0.2) is 23.7 Å². The highest BCUT2D eigenvalue weighted by Gasteiger charge is 2.05.